The zero-order chi connectivity index (χ0) is 14.8. The van der Waals surface area contributed by atoms with Gasteiger partial charge < -0.3 is 14.8 Å². The van der Waals surface area contributed by atoms with Gasteiger partial charge in [-0.2, -0.15) is 0 Å². The van der Waals surface area contributed by atoms with Gasteiger partial charge in [0.15, 0.2) is 0 Å². The molecule has 0 bridgehead atoms. The Morgan fingerprint density at radius 1 is 1.19 bits per heavy atom. The minimum absolute atomic E-state index is 0.666. The van der Waals surface area contributed by atoms with Crippen molar-refractivity contribution in [2.45, 2.75) is 45.3 Å². The summed E-state index contributed by atoms with van der Waals surface area (Å²) >= 11 is 0. The molecule has 1 N–H and O–H groups in total. The van der Waals surface area contributed by atoms with Crippen molar-refractivity contribution >= 4 is 10.9 Å². The highest BCUT2D eigenvalue weighted by atomic mass is 15.2. The molecule has 3 heteroatoms. The zero-order valence-electron chi connectivity index (χ0n) is 13.5. The Morgan fingerprint density at radius 2 is 1.90 bits per heavy atom. The van der Waals surface area contributed by atoms with Gasteiger partial charge in [0, 0.05) is 42.8 Å². The van der Waals surface area contributed by atoms with E-state index in [1.54, 1.807) is 0 Å². The summed E-state index contributed by atoms with van der Waals surface area (Å²) in [7, 11) is 2.13. The second-order valence-electron chi connectivity index (χ2n) is 6.57. The van der Waals surface area contributed by atoms with Crippen LogP contribution in [0.1, 0.15) is 32.3 Å². The summed E-state index contributed by atoms with van der Waals surface area (Å²) in [6.07, 6.45) is 4.80. The zero-order valence-corrected chi connectivity index (χ0v) is 13.5. The van der Waals surface area contributed by atoms with Crippen LogP contribution < -0.4 is 5.32 Å². The van der Waals surface area contributed by atoms with E-state index in [9.17, 15) is 0 Å². The molecule has 21 heavy (non-hydrogen) atoms. The van der Waals surface area contributed by atoms with E-state index < -0.39 is 0 Å². The number of para-hydroxylation sites is 1. The Kier molecular flexibility index (Phi) is 4.32. The van der Waals surface area contributed by atoms with E-state index in [0.29, 0.717) is 12.1 Å². The standard InChI is InChI=1S/C18H27N3/c1-14(2)21-10-8-16(9-11-21)19-12-15-13-20(3)18-7-5-4-6-17(15)18/h4-7,13-14,16,19H,8-12H2,1-3H3. The maximum atomic E-state index is 3.76. The molecule has 114 valence electrons. The van der Waals surface area contributed by atoms with Crippen LogP contribution in [0.2, 0.25) is 0 Å². The maximum absolute atomic E-state index is 3.76. The summed E-state index contributed by atoms with van der Waals surface area (Å²) in [5, 5.41) is 5.14. The van der Waals surface area contributed by atoms with Gasteiger partial charge in [-0.3, -0.25) is 0 Å². The normalized spacial score (nSPS) is 17.9. The fourth-order valence-electron chi connectivity index (χ4n) is 3.44. The highest BCUT2D eigenvalue weighted by Crippen LogP contribution is 2.21. The molecule has 0 amide bonds. The van der Waals surface area contributed by atoms with Crippen LogP contribution in [0.5, 0.6) is 0 Å². The predicted molar refractivity (Wildman–Crippen MR) is 89.5 cm³/mol. The molecule has 0 unspecified atom stereocenters. The van der Waals surface area contributed by atoms with Crippen molar-refractivity contribution in [3.63, 3.8) is 0 Å². The number of fused-ring (bicyclic) bond motifs is 1. The molecule has 1 fully saturated rings. The first-order valence-electron chi connectivity index (χ1n) is 8.15. The van der Waals surface area contributed by atoms with Gasteiger partial charge in [0.05, 0.1) is 0 Å². The number of likely N-dealkylation sites (tertiary alicyclic amines) is 1. The molecule has 3 nitrogen and oxygen atoms in total. The summed E-state index contributed by atoms with van der Waals surface area (Å²) in [4.78, 5) is 2.58. The number of hydrogen-bond acceptors (Lipinski definition) is 2. The fourth-order valence-corrected chi connectivity index (χ4v) is 3.44. The molecular weight excluding hydrogens is 258 g/mol. The monoisotopic (exact) mass is 285 g/mol. The number of hydrogen-bond donors (Lipinski definition) is 1. The van der Waals surface area contributed by atoms with Gasteiger partial charge in [-0.05, 0) is 51.4 Å². The van der Waals surface area contributed by atoms with Gasteiger partial charge in [0.1, 0.15) is 0 Å². The SMILES string of the molecule is CC(C)N1CCC(NCc2cn(C)c3ccccc23)CC1. The van der Waals surface area contributed by atoms with E-state index >= 15 is 0 Å². The smallest absolute Gasteiger partial charge is 0.0481 e. The fraction of sp³-hybridized carbons (Fsp3) is 0.556. The lowest BCUT2D eigenvalue weighted by molar-refractivity contribution is 0.161. The Morgan fingerprint density at radius 3 is 2.62 bits per heavy atom. The molecule has 0 atom stereocenters. The molecule has 0 radical (unpaired) electrons. The molecule has 0 saturated carbocycles. The van der Waals surface area contributed by atoms with E-state index in [1.807, 2.05) is 0 Å². The van der Waals surface area contributed by atoms with Gasteiger partial charge in [0.25, 0.3) is 0 Å². The Bertz CT molecular complexity index is 592. The number of benzene rings is 1. The Balaban J connectivity index is 1.60. The molecule has 1 saturated heterocycles. The number of nitrogens with one attached hydrogen (secondary N) is 1. The molecule has 2 heterocycles. The molecule has 1 aromatic heterocycles. The number of aryl methyl sites for hydroxylation is 1. The maximum Gasteiger partial charge on any atom is 0.0481 e. The molecule has 0 spiro atoms. The van der Waals surface area contributed by atoms with Crippen molar-refractivity contribution in [1.82, 2.24) is 14.8 Å². The van der Waals surface area contributed by atoms with Crippen molar-refractivity contribution in [3.8, 4) is 0 Å². The first kappa shape index (κ1) is 14.6. The number of nitrogens with zero attached hydrogens (tertiary/aromatic N) is 2. The summed E-state index contributed by atoms with van der Waals surface area (Å²) in [5.74, 6) is 0. The second kappa shape index (κ2) is 6.20. The van der Waals surface area contributed by atoms with Crippen LogP contribution in [-0.2, 0) is 13.6 Å². The van der Waals surface area contributed by atoms with Crippen LogP contribution in [0.25, 0.3) is 10.9 Å². The summed E-state index contributed by atoms with van der Waals surface area (Å²) in [6.45, 7) is 8.02. The molecular formula is C18H27N3. The second-order valence-corrected chi connectivity index (χ2v) is 6.57. The van der Waals surface area contributed by atoms with Gasteiger partial charge in [-0.15, -0.1) is 0 Å². The first-order chi connectivity index (χ1) is 10.1. The molecule has 1 aliphatic heterocycles. The Labute approximate surface area is 127 Å². The van der Waals surface area contributed by atoms with Crippen molar-refractivity contribution in [2.75, 3.05) is 13.1 Å². The van der Waals surface area contributed by atoms with Crippen LogP contribution in [0, 0.1) is 0 Å². The van der Waals surface area contributed by atoms with Gasteiger partial charge in [-0.25, -0.2) is 0 Å². The van der Waals surface area contributed by atoms with Gasteiger partial charge >= 0.3 is 0 Å². The molecule has 1 aliphatic rings. The Hall–Kier alpha value is -1.32. The average Bonchev–Trinajstić information content (AvgIpc) is 2.83. The largest absolute Gasteiger partial charge is 0.350 e. The van der Waals surface area contributed by atoms with Crippen molar-refractivity contribution < 1.29 is 0 Å². The predicted octanol–water partition coefficient (Wildman–Crippen LogP) is 3.14. The van der Waals surface area contributed by atoms with Crippen molar-refractivity contribution in [3.05, 3.63) is 36.0 Å². The molecule has 1 aromatic carbocycles. The highest BCUT2D eigenvalue weighted by Gasteiger charge is 2.20. The van der Waals surface area contributed by atoms with Crippen LogP contribution in [0.15, 0.2) is 30.5 Å². The summed E-state index contributed by atoms with van der Waals surface area (Å²) < 4.78 is 2.23. The minimum atomic E-state index is 0.666. The molecule has 2 aromatic rings. The van der Waals surface area contributed by atoms with E-state index in [1.165, 1.54) is 42.4 Å². The lowest BCUT2D eigenvalue weighted by Gasteiger charge is -2.35. The minimum Gasteiger partial charge on any atom is -0.350 e. The molecule has 3 rings (SSSR count). The third kappa shape index (κ3) is 3.14. The van der Waals surface area contributed by atoms with Crippen LogP contribution in [0.3, 0.4) is 0 Å². The third-order valence-corrected chi connectivity index (χ3v) is 4.82. The molecule has 0 aliphatic carbocycles. The lowest BCUT2D eigenvalue weighted by Crippen LogP contribution is -2.44. The van der Waals surface area contributed by atoms with Crippen LogP contribution >= 0.6 is 0 Å². The van der Waals surface area contributed by atoms with Gasteiger partial charge in [0.2, 0.25) is 0 Å². The third-order valence-electron chi connectivity index (χ3n) is 4.82. The topological polar surface area (TPSA) is 20.2 Å². The summed E-state index contributed by atoms with van der Waals surface area (Å²) in [5.41, 5.74) is 2.74. The van der Waals surface area contributed by atoms with E-state index in [-0.39, 0.29) is 0 Å². The number of rotatable bonds is 4. The van der Waals surface area contributed by atoms with Gasteiger partial charge in [-0.1, -0.05) is 18.2 Å². The number of aromatic nitrogens is 1. The van der Waals surface area contributed by atoms with E-state index in [4.69, 9.17) is 0 Å². The quantitative estimate of drug-likeness (QED) is 0.931. The lowest BCUT2D eigenvalue weighted by atomic mass is 10.0. The van der Waals surface area contributed by atoms with Crippen molar-refractivity contribution in [2.24, 2.45) is 7.05 Å². The van der Waals surface area contributed by atoms with Crippen molar-refractivity contribution in [1.29, 1.82) is 0 Å². The highest BCUT2D eigenvalue weighted by molar-refractivity contribution is 5.83. The van der Waals surface area contributed by atoms with E-state index in [0.717, 1.165) is 6.54 Å². The average molecular weight is 285 g/mol. The van der Waals surface area contributed by atoms with Crippen LogP contribution in [0.4, 0.5) is 0 Å². The van der Waals surface area contributed by atoms with E-state index in [2.05, 4.69) is 66.1 Å². The number of piperidine rings is 1. The summed E-state index contributed by atoms with van der Waals surface area (Å²) in [6, 6.07) is 10.0. The first-order valence-corrected chi connectivity index (χ1v) is 8.15. The van der Waals surface area contributed by atoms with Crippen LogP contribution in [-0.4, -0.2) is 34.6 Å².